The van der Waals surface area contributed by atoms with E-state index in [4.69, 9.17) is 4.42 Å². The van der Waals surface area contributed by atoms with Gasteiger partial charge < -0.3 is 15.1 Å². The fourth-order valence-electron chi connectivity index (χ4n) is 1.57. The third kappa shape index (κ3) is 4.00. The molecule has 2 heterocycles. The van der Waals surface area contributed by atoms with Crippen molar-refractivity contribution in [3.05, 3.63) is 22.5 Å². The van der Waals surface area contributed by atoms with Crippen molar-refractivity contribution in [3.8, 4) is 0 Å². The van der Waals surface area contributed by atoms with E-state index in [-0.39, 0.29) is 6.04 Å². The van der Waals surface area contributed by atoms with Gasteiger partial charge in [-0.25, -0.2) is 4.98 Å². The van der Waals surface area contributed by atoms with Gasteiger partial charge >= 0.3 is 6.01 Å². The highest BCUT2D eigenvalue weighted by Gasteiger charge is 2.15. The lowest BCUT2D eigenvalue weighted by atomic mass is 10.2. The smallest absolute Gasteiger partial charge is 0.316 e. The zero-order valence-corrected chi connectivity index (χ0v) is 12.2. The molecule has 1 atom stereocenters. The fraction of sp³-hybridized carbons (Fsp3) is 0.583. The van der Waals surface area contributed by atoms with Crippen LogP contribution in [-0.4, -0.2) is 21.2 Å². The number of nitrogens with zero attached hydrogens (tertiary/aromatic N) is 3. The first kappa shape index (κ1) is 14.0. The summed E-state index contributed by atoms with van der Waals surface area (Å²) < 4.78 is 5.55. The van der Waals surface area contributed by atoms with E-state index in [2.05, 4.69) is 46.6 Å². The van der Waals surface area contributed by atoms with Crippen molar-refractivity contribution >= 4 is 17.4 Å². The molecule has 0 aliphatic carbocycles. The molecule has 19 heavy (non-hydrogen) atoms. The van der Waals surface area contributed by atoms with Gasteiger partial charge in [0, 0.05) is 17.6 Å². The minimum atomic E-state index is 0.117. The van der Waals surface area contributed by atoms with Crippen molar-refractivity contribution < 1.29 is 4.42 Å². The summed E-state index contributed by atoms with van der Waals surface area (Å²) in [5, 5.41) is 17.4. The van der Waals surface area contributed by atoms with Crippen LogP contribution in [0.4, 0.5) is 6.01 Å². The molecule has 0 spiro atoms. The maximum Gasteiger partial charge on any atom is 0.316 e. The molecule has 2 N–H and O–H groups in total. The third-order valence-electron chi connectivity index (χ3n) is 2.58. The fourth-order valence-corrected chi connectivity index (χ4v) is 2.34. The Labute approximate surface area is 116 Å². The van der Waals surface area contributed by atoms with Gasteiger partial charge in [-0.15, -0.1) is 16.4 Å². The normalized spacial score (nSPS) is 12.8. The Bertz CT molecular complexity index is 482. The van der Waals surface area contributed by atoms with Crippen LogP contribution in [0, 0.1) is 0 Å². The Morgan fingerprint density at radius 3 is 2.84 bits per heavy atom. The summed E-state index contributed by atoms with van der Waals surface area (Å²) in [5.74, 6) is 0.588. The van der Waals surface area contributed by atoms with Crippen LogP contribution in [0.25, 0.3) is 0 Å². The number of nitrogens with one attached hydrogen (secondary N) is 2. The van der Waals surface area contributed by atoms with Crippen molar-refractivity contribution in [2.45, 2.75) is 45.8 Å². The molecule has 0 fully saturated rings. The number of thiazole rings is 1. The Morgan fingerprint density at radius 2 is 2.21 bits per heavy atom. The van der Waals surface area contributed by atoms with Crippen LogP contribution < -0.4 is 10.6 Å². The zero-order valence-electron chi connectivity index (χ0n) is 11.4. The number of hydrogen-bond acceptors (Lipinski definition) is 7. The second-order valence-electron chi connectivity index (χ2n) is 4.51. The van der Waals surface area contributed by atoms with Crippen molar-refractivity contribution in [1.29, 1.82) is 0 Å². The lowest BCUT2D eigenvalue weighted by Crippen LogP contribution is -2.21. The highest BCUT2D eigenvalue weighted by atomic mass is 32.1. The van der Waals surface area contributed by atoms with Crippen LogP contribution in [0.5, 0.6) is 0 Å². The number of rotatable bonds is 7. The second kappa shape index (κ2) is 6.63. The number of hydrogen-bond donors (Lipinski definition) is 2. The molecule has 0 radical (unpaired) electrons. The lowest BCUT2D eigenvalue weighted by molar-refractivity contribution is 0.455. The van der Waals surface area contributed by atoms with E-state index in [0.29, 0.717) is 24.5 Å². The van der Waals surface area contributed by atoms with Crippen molar-refractivity contribution in [2.24, 2.45) is 0 Å². The third-order valence-corrected chi connectivity index (χ3v) is 3.47. The molecule has 2 rings (SSSR count). The van der Waals surface area contributed by atoms with E-state index >= 15 is 0 Å². The summed E-state index contributed by atoms with van der Waals surface area (Å²) in [7, 11) is 0. The molecule has 0 amide bonds. The minimum absolute atomic E-state index is 0.117. The minimum Gasteiger partial charge on any atom is -0.407 e. The summed E-state index contributed by atoms with van der Waals surface area (Å²) in [6.07, 6.45) is 2.71. The molecule has 104 valence electrons. The summed E-state index contributed by atoms with van der Waals surface area (Å²) >= 11 is 1.62. The van der Waals surface area contributed by atoms with Crippen LogP contribution >= 0.6 is 11.3 Å². The predicted octanol–water partition coefficient (Wildman–Crippen LogP) is 2.59. The van der Waals surface area contributed by atoms with Gasteiger partial charge in [0.25, 0.3) is 0 Å². The predicted molar refractivity (Wildman–Crippen MR) is 75.0 cm³/mol. The summed E-state index contributed by atoms with van der Waals surface area (Å²) in [6, 6.07) is 0.955. The molecule has 0 bridgehead atoms. The highest BCUT2D eigenvalue weighted by Crippen LogP contribution is 2.23. The molecule has 0 saturated carbocycles. The molecule has 0 aliphatic heterocycles. The first-order valence-corrected chi connectivity index (χ1v) is 7.28. The summed E-state index contributed by atoms with van der Waals surface area (Å²) in [6.45, 7) is 6.83. The molecule has 2 aromatic rings. The van der Waals surface area contributed by atoms with Gasteiger partial charge in [-0.2, -0.15) is 0 Å². The van der Waals surface area contributed by atoms with Gasteiger partial charge in [0.2, 0.25) is 5.89 Å². The van der Waals surface area contributed by atoms with Crippen LogP contribution in [0.3, 0.4) is 0 Å². The van der Waals surface area contributed by atoms with Gasteiger partial charge in [-0.05, 0) is 6.42 Å². The molecule has 6 nitrogen and oxygen atoms in total. The molecule has 0 aromatic carbocycles. The Kier molecular flexibility index (Phi) is 4.86. The van der Waals surface area contributed by atoms with Crippen LogP contribution in [0.2, 0.25) is 0 Å². The van der Waals surface area contributed by atoms with Gasteiger partial charge in [0.1, 0.15) is 5.01 Å². The average molecular weight is 281 g/mol. The van der Waals surface area contributed by atoms with Crippen molar-refractivity contribution in [1.82, 2.24) is 20.5 Å². The standard InChI is InChI=1S/C12H19N5OS/c1-4-9(11-13-5-6-19-11)15-12-17-16-10(18-12)7-14-8(2)3/h5-6,8-9,14H,4,7H2,1-3H3,(H,15,17). The largest absolute Gasteiger partial charge is 0.407 e. The van der Waals surface area contributed by atoms with Gasteiger partial charge in [-0.1, -0.05) is 25.9 Å². The van der Waals surface area contributed by atoms with Crippen molar-refractivity contribution in [2.75, 3.05) is 5.32 Å². The maximum absolute atomic E-state index is 5.55. The van der Waals surface area contributed by atoms with Gasteiger partial charge in [0.05, 0.1) is 12.6 Å². The van der Waals surface area contributed by atoms with E-state index in [1.54, 1.807) is 17.5 Å². The van der Waals surface area contributed by atoms with E-state index in [0.717, 1.165) is 11.4 Å². The summed E-state index contributed by atoms with van der Waals surface area (Å²) in [4.78, 5) is 4.30. The van der Waals surface area contributed by atoms with E-state index in [1.165, 1.54) is 0 Å². The molecule has 7 heteroatoms. The van der Waals surface area contributed by atoms with E-state index < -0.39 is 0 Å². The molecular formula is C12H19N5OS. The van der Waals surface area contributed by atoms with Crippen LogP contribution in [0.15, 0.2) is 16.0 Å². The Hall–Kier alpha value is -1.47. The van der Waals surface area contributed by atoms with Gasteiger partial charge in [-0.3, -0.25) is 0 Å². The van der Waals surface area contributed by atoms with E-state index in [9.17, 15) is 0 Å². The Balaban J connectivity index is 1.95. The molecular weight excluding hydrogens is 262 g/mol. The monoisotopic (exact) mass is 281 g/mol. The first-order chi connectivity index (χ1) is 9.19. The van der Waals surface area contributed by atoms with Crippen LogP contribution in [0.1, 0.15) is 44.1 Å². The van der Waals surface area contributed by atoms with E-state index in [1.807, 2.05) is 5.38 Å². The molecule has 2 aromatic heterocycles. The molecule has 0 aliphatic rings. The van der Waals surface area contributed by atoms with Gasteiger partial charge in [0.15, 0.2) is 0 Å². The zero-order chi connectivity index (χ0) is 13.7. The second-order valence-corrected chi connectivity index (χ2v) is 5.44. The number of aromatic nitrogens is 3. The lowest BCUT2D eigenvalue weighted by Gasteiger charge is -2.11. The Morgan fingerprint density at radius 1 is 1.37 bits per heavy atom. The SMILES string of the molecule is CCC(Nc1nnc(CNC(C)C)o1)c1nccs1. The molecule has 0 saturated heterocycles. The maximum atomic E-state index is 5.55. The number of anilines is 1. The quantitative estimate of drug-likeness (QED) is 0.812. The first-order valence-electron chi connectivity index (χ1n) is 6.40. The highest BCUT2D eigenvalue weighted by molar-refractivity contribution is 7.09. The van der Waals surface area contributed by atoms with Crippen molar-refractivity contribution in [3.63, 3.8) is 0 Å². The molecule has 1 unspecified atom stereocenters. The summed E-state index contributed by atoms with van der Waals surface area (Å²) in [5.41, 5.74) is 0. The van der Waals surface area contributed by atoms with Crippen LogP contribution in [-0.2, 0) is 6.54 Å². The average Bonchev–Trinajstić information content (AvgIpc) is 3.05. The topological polar surface area (TPSA) is 75.9 Å².